The zero-order valence-corrected chi connectivity index (χ0v) is 12.9. The SMILES string of the molecule is Fc1ccc(-c2csc(Nc3c(Cl)cccc3Cl)n2)cc1. The summed E-state index contributed by atoms with van der Waals surface area (Å²) < 4.78 is 12.9. The van der Waals surface area contributed by atoms with Gasteiger partial charge in [0, 0.05) is 10.9 Å². The fourth-order valence-corrected chi connectivity index (χ4v) is 3.02. The molecule has 0 unspecified atom stereocenters. The van der Waals surface area contributed by atoms with Crippen LogP contribution < -0.4 is 5.32 Å². The third-order valence-corrected chi connectivity index (χ3v) is 4.23. The molecule has 21 heavy (non-hydrogen) atoms. The predicted octanol–water partition coefficient (Wildman–Crippen LogP) is 6.00. The van der Waals surface area contributed by atoms with E-state index in [9.17, 15) is 4.39 Å². The van der Waals surface area contributed by atoms with E-state index in [4.69, 9.17) is 23.2 Å². The van der Waals surface area contributed by atoms with Crippen molar-refractivity contribution in [2.24, 2.45) is 0 Å². The van der Waals surface area contributed by atoms with E-state index in [0.29, 0.717) is 20.9 Å². The Morgan fingerprint density at radius 2 is 1.67 bits per heavy atom. The van der Waals surface area contributed by atoms with Crippen molar-refractivity contribution in [3.8, 4) is 11.3 Å². The van der Waals surface area contributed by atoms with Crippen molar-refractivity contribution in [3.63, 3.8) is 0 Å². The van der Waals surface area contributed by atoms with Gasteiger partial charge in [-0.2, -0.15) is 0 Å². The zero-order valence-electron chi connectivity index (χ0n) is 10.6. The third kappa shape index (κ3) is 3.18. The largest absolute Gasteiger partial charge is 0.329 e. The zero-order chi connectivity index (χ0) is 14.8. The molecule has 2 nitrogen and oxygen atoms in total. The number of anilines is 2. The van der Waals surface area contributed by atoms with Crippen LogP contribution in [0.2, 0.25) is 10.0 Å². The summed E-state index contributed by atoms with van der Waals surface area (Å²) in [5.41, 5.74) is 2.25. The number of benzene rings is 2. The molecule has 6 heteroatoms. The second kappa shape index (κ2) is 6.02. The lowest BCUT2D eigenvalue weighted by Crippen LogP contribution is -1.91. The number of hydrogen-bond donors (Lipinski definition) is 1. The topological polar surface area (TPSA) is 24.9 Å². The number of thiazole rings is 1. The lowest BCUT2D eigenvalue weighted by atomic mass is 10.2. The highest BCUT2D eigenvalue weighted by Gasteiger charge is 2.09. The van der Waals surface area contributed by atoms with Gasteiger partial charge in [0.1, 0.15) is 5.82 Å². The van der Waals surface area contributed by atoms with E-state index in [-0.39, 0.29) is 5.82 Å². The molecule has 0 saturated heterocycles. The van der Waals surface area contributed by atoms with Crippen LogP contribution in [-0.4, -0.2) is 4.98 Å². The highest BCUT2D eigenvalue weighted by atomic mass is 35.5. The molecule has 0 saturated carbocycles. The average Bonchev–Trinajstić information content (AvgIpc) is 2.92. The molecule has 1 heterocycles. The number of nitrogens with zero attached hydrogens (tertiary/aromatic N) is 1. The van der Waals surface area contributed by atoms with Gasteiger partial charge in [0.25, 0.3) is 0 Å². The molecule has 2 aromatic carbocycles. The van der Waals surface area contributed by atoms with Gasteiger partial charge in [-0.3, -0.25) is 0 Å². The molecule has 0 fully saturated rings. The fraction of sp³-hybridized carbons (Fsp3) is 0. The average molecular weight is 339 g/mol. The van der Waals surface area contributed by atoms with Gasteiger partial charge in [0.2, 0.25) is 0 Å². The van der Waals surface area contributed by atoms with E-state index in [1.165, 1.54) is 23.5 Å². The molecule has 1 aromatic heterocycles. The fourth-order valence-electron chi connectivity index (χ4n) is 1.81. The van der Waals surface area contributed by atoms with Gasteiger partial charge in [-0.25, -0.2) is 9.37 Å². The minimum absolute atomic E-state index is 0.268. The number of halogens is 3. The van der Waals surface area contributed by atoms with Crippen LogP contribution in [0, 0.1) is 5.82 Å². The van der Waals surface area contributed by atoms with Crippen LogP contribution in [0.15, 0.2) is 47.8 Å². The summed E-state index contributed by atoms with van der Waals surface area (Å²) in [5.74, 6) is -0.268. The van der Waals surface area contributed by atoms with Gasteiger partial charge in [-0.15, -0.1) is 11.3 Å². The van der Waals surface area contributed by atoms with Crippen LogP contribution in [0.4, 0.5) is 15.2 Å². The molecule has 0 radical (unpaired) electrons. The minimum atomic E-state index is -0.268. The molecule has 1 N–H and O–H groups in total. The van der Waals surface area contributed by atoms with Gasteiger partial charge in [-0.1, -0.05) is 29.3 Å². The molecule has 0 atom stereocenters. The van der Waals surface area contributed by atoms with Crippen molar-refractivity contribution in [2.75, 3.05) is 5.32 Å². The second-order valence-corrected chi connectivity index (χ2v) is 5.94. The Bertz CT molecular complexity index is 751. The molecular formula is C15H9Cl2FN2S. The van der Waals surface area contributed by atoms with Crippen molar-refractivity contribution in [3.05, 3.63) is 63.7 Å². The first kappa shape index (κ1) is 14.3. The number of hydrogen-bond acceptors (Lipinski definition) is 3. The Balaban J connectivity index is 1.87. The summed E-state index contributed by atoms with van der Waals surface area (Å²) in [6, 6.07) is 11.5. The van der Waals surface area contributed by atoms with Gasteiger partial charge >= 0.3 is 0 Å². The van der Waals surface area contributed by atoms with Gasteiger partial charge in [0.15, 0.2) is 5.13 Å². The standard InChI is InChI=1S/C15H9Cl2FN2S/c16-11-2-1-3-12(17)14(11)20-15-19-13(8-21-15)9-4-6-10(18)7-5-9/h1-8H,(H,19,20). The maximum absolute atomic E-state index is 12.9. The maximum Gasteiger partial charge on any atom is 0.187 e. The summed E-state index contributed by atoms with van der Waals surface area (Å²) in [4.78, 5) is 4.46. The molecule has 0 aliphatic carbocycles. The first-order valence-corrected chi connectivity index (χ1v) is 7.69. The first-order chi connectivity index (χ1) is 10.1. The van der Waals surface area contributed by atoms with Crippen molar-refractivity contribution in [2.45, 2.75) is 0 Å². The Morgan fingerprint density at radius 1 is 1.00 bits per heavy atom. The number of rotatable bonds is 3. The van der Waals surface area contributed by atoms with Gasteiger partial charge in [-0.05, 0) is 36.4 Å². The first-order valence-electron chi connectivity index (χ1n) is 6.06. The lowest BCUT2D eigenvalue weighted by molar-refractivity contribution is 0.628. The molecular weight excluding hydrogens is 330 g/mol. The van der Waals surface area contributed by atoms with Gasteiger partial charge < -0.3 is 5.32 Å². The minimum Gasteiger partial charge on any atom is -0.329 e. The smallest absolute Gasteiger partial charge is 0.187 e. The Kier molecular flexibility index (Phi) is 4.10. The van der Waals surface area contributed by atoms with Crippen LogP contribution in [-0.2, 0) is 0 Å². The predicted molar refractivity (Wildman–Crippen MR) is 87.3 cm³/mol. The van der Waals surface area contributed by atoms with Crippen LogP contribution in [0.25, 0.3) is 11.3 Å². The lowest BCUT2D eigenvalue weighted by Gasteiger charge is -2.06. The molecule has 0 amide bonds. The molecule has 0 aliphatic heterocycles. The summed E-state index contributed by atoms with van der Waals surface area (Å²) in [6.07, 6.45) is 0. The Hall–Kier alpha value is -1.62. The van der Waals surface area contributed by atoms with Crippen LogP contribution in [0.3, 0.4) is 0 Å². The molecule has 106 valence electrons. The van der Waals surface area contributed by atoms with Crippen molar-refractivity contribution in [1.82, 2.24) is 4.98 Å². The Labute approximate surface area is 135 Å². The third-order valence-electron chi connectivity index (χ3n) is 2.84. The van der Waals surface area contributed by atoms with E-state index < -0.39 is 0 Å². The number of nitrogens with one attached hydrogen (secondary N) is 1. The highest BCUT2D eigenvalue weighted by Crippen LogP contribution is 2.34. The molecule has 0 aliphatic rings. The molecule has 3 rings (SSSR count). The molecule has 0 spiro atoms. The van der Waals surface area contributed by atoms with Crippen LogP contribution >= 0.6 is 34.5 Å². The van der Waals surface area contributed by atoms with Crippen molar-refractivity contribution in [1.29, 1.82) is 0 Å². The van der Waals surface area contributed by atoms with Crippen molar-refractivity contribution >= 4 is 45.4 Å². The van der Waals surface area contributed by atoms with Crippen molar-refractivity contribution < 1.29 is 4.39 Å². The van der Waals surface area contributed by atoms with Crippen LogP contribution in [0.1, 0.15) is 0 Å². The highest BCUT2D eigenvalue weighted by molar-refractivity contribution is 7.14. The van der Waals surface area contributed by atoms with Crippen LogP contribution in [0.5, 0.6) is 0 Å². The number of para-hydroxylation sites is 1. The summed E-state index contributed by atoms with van der Waals surface area (Å²) in [7, 11) is 0. The molecule has 3 aromatic rings. The maximum atomic E-state index is 12.9. The van der Waals surface area contributed by atoms with E-state index in [1.54, 1.807) is 30.3 Å². The second-order valence-electron chi connectivity index (χ2n) is 4.27. The monoisotopic (exact) mass is 338 g/mol. The normalized spacial score (nSPS) is 10.6. The van der Waals surface area contributed by atoms with Gasteiger partial charge in [0.05, 0.1) is 21.4 Å². The number of aromatic nitrogens is 1. The van der Waals surface area contributed by atoms with E-state index in [0.717, 1.165) is 11.3 Å². The van der Waals surface area contributed by atoms with E-state index >= 15 is 0 Å². The van der Waals surface area contributed by atoms with E-state index in [2.05, 4.69) is 10.3 Å². The summed E-state index contributed by atoms with van der Waals surface area (Å²) in [6.45, 7) is 0. The Morgan fingerprint density at radius 3 is 2.33 bits per heavy atom. The summed E-state index contributed by atoms with van der Waals surface area (Å²) in [5, 5.41) is 6.73. The van der Waals surface area contributed by atoms with E-state index in [1.807, 2.05) is 5.38 Å². The quantitative estimate of drug-likeness (QED) is 0.633. The molecule has 0 bridgehead atoms. The summed E-state index contributed by atoms with van der Waals surface area (Å²) >= 11 is 13.6.